The Morgan fingerprint density at radius 3 is 2.54 bits per heavy atom. The van der Waals surface area contributed by atoms with E-state index < -0.39 is 0 Å². The summed E-state index contributed by atoms with van der Waals surface area (Å²) in [5.74, 6) is -0.273. The standard InChI is InChI=1S/C21H23NO2/c1-24-21(23)17-8-6-15(7-9-17)14-22(18-11-12-18)20-13-10-16-4-2-3-5-19(16)20/h2-9,18,20H,10-14H2,1H3. The van der Waals surface area contributed by atoms with Crippen LogP contribution in [-0.2, 0) is 17.7 Å². The molecule has 2 aliphatic rings. The lowest BCUT2D eigenvalue weighted by molar-refractivity contribution is 0.0600. The fraction of sp³-hybridized carbons (Fsp3) is 0.381. The first-order chi connectivity index (χ1) is 11.8. The maximum absolute atomic E-state index is 11.6. The SMILES string of the molecule is COC(=O)c1ccc(CN(C2CC2)C2CCc3ccccc32)cc1. The molecule has 1 fully saturated rings. The fourth-order valence-corrected chi connectivity index (χ4v) is 3.85. The number of hydrogen-bond acceptors (Lipinski definition) is 3. The van der Waals surface area contributed by atoms with E-state index in [2.05, 4.69) is 41.3 Å². The Kier molecular flexibility index (Phi) is 4.11. The average molecular weight is 321 g/mol. The topological polar surface area (TPSA) is 29.5 Å². The van der Waals surface area contributed by atoms with Gasteiger partial charge in [0.2, 0.25) is 0 Å². The highest BCUT2D eigenvalue weighted by Gasteiger charge is 2.37. The van der Waals surface area contributed by atoms with Gasteiger partial charge in [-0.15, -0.1) is 0 Å². The molecule has 2 aromatic rings. The lowest BCUT2D eigenvalue weighted by Gasteiger charge is -2.30. The molecular weight excluding hydrogens is 298 g/mol. The van der Waals surface area contributed by atoms with Crippen molar-refractivity contribution >= 4 is 5.97 Å². The summed E-state index contributed by atoms with van der Waals surface area (Å²) >= 11 is 0. The number of esters is 1. The third-order valence-corrected chi connectivity index (χ3v) is 5.26. The van der Waals surface area contributed by atoms with Crippen molar-refractivity contribution in [2.75, 3.05) is 7.11 Å². The molecule has 0 amide bonds. The Bertz CT molecular complexity index is 734. The minimum atomic E-state index is -0.273. The van der Waals surface area contributed by atoms with Gasteiger partial charge in [-0.3, -0.25) is 4.90 Å². The zero-order chi connectivity index (χ0) is 16.5. The summed E-state index contributed by atoms with van der Waals surface area (Å²) in [6.07, 6.45) is 5.01. The van der Waals surface area contributed by atoms with Crippen LogP contribution in [0.2, 0.25) is 0 Å². The third kappa shape index (κ3) is 2.96. The van der Waals surface area contributed by atoms with Crippen molar-refractivity contribution in [1.29, 1.82) is 0 Å². The van der Waals surface area contributed by atoms with Gasteiger partial charge < -0.3 is 4.74 Å². The van der Waals surface area contributed by atoms with E-state index in [-0.39, 0.29) is 5.97 Å². The largest absolute Gasteiger partial charge is 0.465 e. The second-order valence-electron chi connectivity index (χ2n) is 6.85. The number of aryl methyl sites for hydroxylation is 1. The normalized spacial score (nSPS) is 19.3. The van der Waals surface area contributed by atoms with E-state index in [1.54, 1.807) is 0 Å². The summed E-state index contributed by atoms with van der Waals surface area (Å²) in [5, 5.41) is 0. The number of nitrogens with zero attached hydrogens (tertiary/aromatic N) is 1. The van der Waals surface area contributed by atoms with Gasteiger partial charge in [-0.2, -0.15) is 0 Å². The Hall–Kier alpha value is -2.13. The second kappa shape index (κ2) is 6.40. The highest BCUT2D eigenvalue weighted by Crippen LogP contribution is 2.42. The summed E-state index contributed by atoms with van der Waals surface area (Å²) in [4.78, 5) is 14.2. The number of rotatable bonds is 5. The van der Waals surface area contributed by atoms with Crippen molar-refractivity contribution in [1.82, 2.24) is 4.90 Å². The fourth-order valence-electron chi connectivity index (χ4n) is 3.85. The van der Waals surface area contributed by atoms with Gasteiger partial charge in [-0.05, 0) is 54.5 Å². The molecule has 0 heterocycles. The van der Waals surface area contributed by atoms with Crippen molar-refractivity contribution in [2.45, 2.75) is 44.3 Å². The van der Waals surface area contributed by atoms with E-state index in [1.165, 1.54) is 49.5 Å². The minimum Gasteiger partial charge on any atom is -0.465 e. The maximum atomic E-state index is 11.6. The van der Waals surface area contributed by atoms with Gasteiger partial charge in [0, 0.05) is 18.6 Å². The Morgan fingerprint density at radius 2 is 1.83 bits per heavy atom. The van der Waals surface area contributed by atoms with Crippen LogP contribution >= 0.6 is 0 Å². The van der Waals surface area contributed by atoms with Crippen molar-refractivity contribution in [3.63, 3.8) is 0 Å². The molecule has 0 aromatic heterocycles. The van der Waals surface area contributed by atoms with Gasteiger partial charge in [0.05, 0.1) is 12.7 Å². The van der Waals surface area contributed by atoms with E-state index >= 15 is 0 Å². The molecule has 0 bridgehead atoms. The quantitative estimate of drug-likeness (QED) is 0.776. The number of carbonyl (C=O) groups excluding carboxylic acids is 1. The zero-order valence-electron chi connectivity index (χ0n) is 14.1. The van der Waals surface area contributed by atoms with Gasteiger partial charge in [-0.25, -0.2) is 4.79 Å². The molecular formula is C21H23NO2. The number of fused-ring (bicyclic) bond motifs is 1. The first-order valence-electron chi connectivity index (χ1n) is 8.77. The monoisotopic (exact) mass is 321 g/mol. The van der Waals surface area contributed by atoms with Crippen molar-refractivity contribution in [3.8, 4) is 0 Å². The predicted molar refractivity (Wildman–Crippen MR) is 93.9 cm³/mol. The Balaban J connectivity index is 1.54. The molecule has 0 radical (unpaired) electrons. The maximum Gasteiger partial charge on any atom is 0.337 e. The molecule has 2 aliphatic carbocycles. The van der Waals surface area contributed by atoms with Crippen LogP contribution in [0.3, 0.4) is 0 Å². The second-order valence-corrected chi connectivity index (χ2v) is 6.85. The van der Waals surface area contributed by atoms with E-state index in [4.69, 9.17) is 4.74 Å². The van der Waals surface area contributed by atoms with Crippen LogP contribution in [0.5, 0.6) is 0 Å². The van der Waals surface area contributed by atoms with E-state index in [9.17, 15) is 4.79 Å². The highest BCUT2D eigenvalue weighted by atomic mass is 16.5. The summed E-state index contributed by atoms with van der Waals surface area (Å²) in [6, 6.07) is 18.0. The number of carbonyl (C=O) groups is 1. The van der Waals surface area contributed by atoms with Crippen LogP contribution < -0.4 is 0 Å². The highest BCUT2D eigenvalue weighted by molar-refractivity contribution is 5.89. The number of methoxy groups -OCH3 is 1. The molecule has 3 heteroatoms. The number of benzene rings is 2. The molecule has 124 valence electrons. The Labute approximate surface area is 143 Å². The molecule has 24 heavy (non-hydrogen) atoms. The molecule has 0 N–H and O–H groups in total. The molecule has 4 rings (SSSR count). The van der Waals surface area contributed by atoms with Crippen molar-refractivity contribution in [2.24, 2.45) is 0 Å². The van der Waals surface area contributed by atoms with Gasteiger partial charge >= 0.3 is 5.97 Å². The molecule has 1 atom stereocenters. The third-order valence-electron chi connectivity index (χ3n) is 5.26. The lowest BCUT2D eigenvalue weighted by atomic mass is 10.0. The summed E-state index contributed by atoms with van der Waals surface area (Å²) in [7, 11) is 1.42. The first kappa shape index (κ1) is 15.4. The number of ether oxygens (including phenoxy) is 1. The van der Waals surface area contributed by atoms with Crippen LogP contribution in [0, 0.1) is 0 Å². The van der Waals surface area contributed by atoms with Gasteiger partial charge in [0.1, 0.15) is 0 Å². The average Bonchev–Trinajstić information content (AvgIpc) is 3.39. The molecule has 0 spiro atoms. The first-order valence-corrected chi connectivity index (χ1v) is 8.77. The summed E-state index contributed by atoms with van der Waals surface area (Å²) < 4.78 is 4.78. The molecule has 3 nitrogen and oxygen atoms in total. The van der Waals surface area contributed by atoms with E-state index in [1.807, 2.05) is 12.1 Å². The zero-order valence-corrected chi connectivity index (χ0v) is 14.1. The van der Waals surface area contributed by atoms with Crippen LogP contribution in [-0.4, -0.2) is 24.0 Å². The number of hydrogen-bond donors (Lipinski definition) is 0. The van der Waals surface area contributed by atoms with Gasteiger partial charge in [-0.1, -0.05) is 36.4 Å². The molecule has 1 unspecified atom stereocenters. The van der Waals surface area contributed by atoms with Crippen LogP contribution in [0.4, 0.5) is 0 Å². The van der Waals surface area contributed by atoms with E-state index in [0.717, 1.165) is 6.54 Å². The Morgan fingerprint density at radius 1 is 1.08 bits per heavy atom. The summed E-state index contributed by atoms with van der Waals surface area (Å²) in [5.41, 5.74) is 4.90. The minimum absolute atomic E-state index is 0.273. The van der Waals surface area contributed by atoms with Crippen molar-refractivity contribution in [3.05, 3.63) is 70.8 Å². The van der Waals surface area contributed by atoms with Gasteiger partial charge in [0.15, 0.2) is 0 Å². The van der Waals surface area contributed by atoms with Crippen LogP contribution in [0.25, 0.3) is 0 Å². The van der Waals surface area contributed by atoms with Crippen LogP contribution in [0.15, 0.2) is 48.5 Å². The van der Waals surface area contributed by atoms with Crippen molar-refractivity contribution < 1.29 is 9.53 Å². The smallest absolute Gasteiger partial charge is 0.337 e. The molecule has 2 aromatic carbocycles. The predicted octanol–water partition coefficient (Wildman–Crippen LogP) is 4.13. The van der Waals surface area contributed by atoms with Crippen LogP contribution in [0.1, 0.15) is 52.4 Å². The molecule has 0 aliphatic heterocycles. The molecule has 0 saturated heterocycles. The van der Waals surface area contributed by atoms with E-state index in [0.29, 0.717) is 17.6 Å². The molecule has 1 saturated carbocycles. The van der Waals surface area contributed by atoms with Gasteiger partial charge in [0.25, 0.3) is 0 Å². The lowest BCUT2D eigenvalue weighted by Crippen LogP contribution is -2.29. The summed E-state index contributed by atoms with van der Waals surface area (Å²) in [6.45, 7) is 0.950.